The maximum atomic E-state index is 12.2. The molecule has 0 saturated heterocycles. The molecule has 5 heteroatoms. The van der Waals surface area contributed by atoms with Crippen molar-refractivity contribution in [2.24, 2.45) is 0 Å². The molecule has 3 aromatic rings. The van der Waals surface area contributed by atoms with E-state index in [4.69, 9.17) is 4.74 Å². The van der Waals surface area contributed by atoms with Gasteiger partial charge in [0.05, 0.1) is 30.8 Å². The van der Waals surface area contributed by atoms with E-state index in [2.05, 4.69) is 27.6 Å². The van der Waals surface area contributed by atoms with Crippen molar-refractivity contribution in [3.63, 3.8) is 0 Å². The largest absolute Gasteiger partial charge is 0.373 e. The number of rotatable bonds is 6. The van der Waals surface area contributed by atoms with Gasteiger partial charge in [0, 0.05) is 11.4 Å². The lowest BCUT2D eigenvalue weighted by molar-refractivity contribution is -0.123. The Bertz CT molecular complexity index is 854. The van der Waals surface area contributed by atoms with Gasteiger partial charge in [-0.25, -0.2) is 0 Å². The zero-order chi connectivity index (χ0) is 17.1. The van der Waals surface area contributed by atoms with E-state index >= 15 is 0 Å². The smallest absolute Gasteiger partial charge is 0.224 e. The maximum absolute atomic E-state index is 12.2. The summed E-state index contributed by atoms with van der Waals surface area (Å²) in [7, 11) is 0. The van der Waals surface area contributed by atoms with Gasteiger partial charge in [-0.05, 0) is 30.0 Å². The van der Waals surface area contributed by atoms with Gasteiger partial charge in [0.2, 0.25) is 5.91 Å². The fourth-order valence-corrected chi connectivity index (χ4v) is 3.17. The van der Waals surface area contributed by atoms with Crippen LogP contribution in [0, 0.1) is 0 Å². The molecule has 1 amide bonds. The molecule has 4 rings (SSSR count). The first kappa shape index (κ1) is 15.8. The van der Waals surface area contributed by atoms with Crippen LogP contribution in [0.4, 0.5) is 0 Å². The van der Waals surface area contributed by atoms with Crippen LogP contribution in [0.15, 0.2) is 54.7 Å². The first-order chi connectivity index (χ1) is 12.3. The molecule has 1 aromatic heterocycles. The van der Waals surface area contributed by atoms with Gasteiger partial charge in [-0.2, -0.15) is 5.10 Å². The third kappa shape index (κ3) is 3.88. The number of nitrogens with zero attached hydrogens (tertiary/aromatic N) is 1. The van der Waals surface area contributed by atoms with Crippen LogP contribution in [0.2, 0.25) is 0 Å². The second kappa shape index (κ2) is 7.07. The molecule has 1 heterocycles. The highest BCUT2D eigenvalue weighted by Crippen LogP contribution is 2.24. The average Bonchev–Trinajstić information content (AvgIpc) is 3.05. The summed E-state index contributed by atoms with van der Waals surface area (Å²) in [6.45, 7) is 0.635. The minimum absolute atomic E-state index is 0.0605. The third-order valence-electron chi connectivity index (χ3n) is 4.66. The van der Waals surface area contributed by atoms with Crippen LogP contribution in [0.25, 0.3) is 10.9 Å². The summed E-state index contributed by atoms with van der Waals surface area (Å²) >= 11 is 0. The van der Waals surface area contributed by atoms with Crippen molar-refractivity contribution in [3.8, 4) is 0 Å². The molecule has 0 bridgehead atoms. The number of hydrogen-bond acceptors (Lipinski definition) is 3. The van der Waals surface area contributed by atoms with Gasteiger partial charge in [0.15, 0.2) is 0 Å². The quantitative estimate of drug-likeness (QED) is 0.728. The number of aromatic nitrogens is 2. The average molecular weight is 335 g/mol. The summed E-state index contributed by atoms with van der Waals surface area (Å²) in [6, 6.07) is 16.3. The van der Waals surface area contributed by atoms with Crippen LogP contribution in [0.3, 0.4) is 0 Å². The lowest BCUT2D eigenvalue weighted by Crippen LogP contribution is -2.48. The van der Waals surface area contributed by atoms with Crippen LogP contribution in [0.1, 0.15) is 24.0 Å². The molecule has 2 N–H and O–H groups in total. The SMILES string of the molecule is O=C(Cc1ccc2cn[nH]c2c1)NC1CC(OCc2ccccc2)C1. The number of ether oxygens (including phenoxy) is 1. The van der Waals surface area contributed by atoms with E-state index in [0.717, 1.165) is 29.3 Å². The molecule has 1 saturated carbocycles. The molecule has 1 aliphatic rings. The van der Waals surface area contributed by atoms with E-state index in [1.807, 2.05) is 36.4 Å². The third-order valence-corrected chi connectivity index (χ3v) is 4.66. The zero-order valence-electron chi connectivity index (χ0n) is 13.9. The van der Waals surface area contributed by atoms with Crippen LogP contribution in [-0.2, 0) is 22.6 Å². The second-order valence-electron chi connectivity index (χ2n) is 6.62. The highest BCUT2D eigenvalue weighted by molar-refractivity contribution is 5.82. The van der Waals surface area contributed by atoms with Crippen LogP contribution >= 0.6 is 0 Å². The van der Waals surface area contributed by atoms with Gasteiger partial charge in [0.1, 0.15) is 0 Å². The van der Waals surface area contributed by atoms with E-state index < -0.39 is 0 Å². The number of hydrogen-bond donors (Lipinski definition) is 2. The fourth-order valence-electron chi connectivity index (χ4n) is 3.17. The van der Waals surface area contributed by atoms with Gasteiger partial charge >= 0.3 is 0 Å². The number of carbonyl (C=O) groups excluding carboxylic acids is 1. The lowest BCUT2D eigenvalue weighted by Gasteiger charge is -2.35. The predicted molar refractivity (Wildman–Crippen MR) is 96.0 cm³/mol. The number of carbonyl (C=O) groups is 1. The van der Waals surface area contributed by atoms with E-state index in [9.17, 15) is 4.79 Å². The van der Waals surface area contributed by atoms with Gasteiger partial charge in [-0.1, -0.05) is 42.5 Å². The number of nitrogens with one attached hydrogen (secondary N) is 2. The van der Waals surface area contributed by atoms with E-state index in [-0.39, 0.29) is 18.1 Å². The van der Waals surface area contributed by atoms with Gasteiger partial charge in [-0.3, -0.25) is 9.89 Å². The van der Waals surface area contributed by atoms with Crippen LogP contribution in [0.5, 0.6) is 0 Å². The number of benzene rings is 2. The minimum Gasteiger partial charge on any atom is -0.373 e. The Hall–Kier alpha value is -2.66. The van der Waals surface area contributed by atoms with E-state index in [1.54, 1.807) is 6.20 Å². The van der Waals surface area contributed by atoms with Crippen molar-refractivity contribution in [2.45, 2.75) is 38.0 Å². The molecule has 128 valence electrons. The summed E-state index contributed by atoms with van der Waals surface area (Å²) in [6.07, 6.45) is 4.19. The summed E-state index contributed by atoms with van der Waals surface area (Å²) in [5.41, 5.74) is 3.14. The molecule has 25 heavy (non-hydrogen) atoms. The van der Waals surface area contributed by atoms with Crippen molar-refractivity contribution in [2.75, 3.05) is 0 Å². The van der Waals surface area contributed by atoms with Gasteiger partial charge < -0.3 is 10.1 Å². The normalized spacial score (nSPS) is 19.5. The molecular weight excluding hydrogens is 314 g/mol. The first-order valence-electron chi connectivity index (χ1n) is 8.63. The highest BCUT2D eigenvalue weighted by Gasteiger charge is 2.30. The number of fused-ring (bicyclic) bond motifs is 1. The maximum Gasteiger partial charge on any atom is 0.224 e. The first-order valence-corrected chi connectivity index (χ1v) is 8.63. The summed E-state index contributed by atoms with van der Waals surface area (Å²) in [5.74, 6) is 0.0605. The Morgan fingerprint density at radius 2 is 2.00 bits per heavy atom. The molecule has 0 radical (unpaired) electrons. The van der Waals surface area contributed by atoms with Crippen molar-refractivity contribution in [1.29, 1.82) is 0 Å². The van der Waals surface area contributed by atoms with Gasteiger partial charge in [0.25, 0.3) is 0 Å². The van der Waals surface area contributed by atoms with Crippen molar-refractivity contribution >= 4 is 16.8 Å². The Balaban J connectivity index is 1.20. The Morgan fingerprint density at radius 3 is 2.84 bits per heavy atom. The number of H-pyrrole nitrogens is 1. The van der Waals surface area contributed by atoms with Gasteiger partial charge in [-0.15, -0.1) is 0 Å². The summed E-state index contributed by atoms with van der Waals surface area (Å²) in [5, 5.41) is 11.1. The monoisotopic (exact) mass is 335 g/mol. The molecule has 0 aliphatic heterocycles. The van der Waals surface area contributed by atoms with Crippen LogP contribution in [-0.4, -0.2) is 28.3 Å². The van der Waals surface area contributed by atoms with Crippen molar-refractivity contribution in [1.82, 2.24) is 15.5 Å². The molecule has 0 unspecified atom stereocenters. The minimum atomic E-state index is 0.0605. The molecule has 0 atom stereocenters. The van der Waals surface area contributed by atoms with Crippen LogP contribution < -0.4 is 5.32 Å². The van der Waals surface area contributed by atoms with E-state index in [1.165, 1.54) is 5.56 Å². The molecule has 1 aliphatic carbocycles. The predicted octanol–water partition coefficient (Wildman–Crippen LogP) is 2.97. The number of aromatic amines is 1. The summed E-state index contributed by atoms with van der Waals surface area (Å²) in [4.78, 5) is 12.2. The molecular formula is C20H21N3O2. The second-order valence-corrected chi connectivity index (χ2v) is 6.62. The standard InChI is InChI=1S/C20H21N3O2/c24-20(9-15-6-7-16-12-21-23-19(16)8-15)22-17-10-18(11-17)25-13-14-4-2-1-3-5-14/h1-8,12,17-18H,9-11,13H2,(H,21,23)(H,22,24). The van der Waals surface area contributed by atoms with E-state index in [0.29, 0.717) is 13.0 Å². The molecule has 0 spiro atoms. The molecule has 1 fully saturated rings. The van der Waals surface area contributed by atoms with Crippen molar-refractivity contribution in [3.05, 3.63) is 65.9 Å². The highest BCUT2D eigenvalue weighted by atomic mass is 16.5. The lowest BCUT2D eigenvalue weighted by atomic mass is 9.89. The molecule has 2 aromatic carbocycles. The topological polar surface area (TPSA) is 67.0 Å². The Morgan fingerprint density at radius 1 is 1.16 bits per heavy atom. The zero-order valence-corrected chi connectivity index (χ0v) is 13.9. The Labute approximate surface area is 146 Å². The van der Waals surface area contributed by atoms with Crippen molar-refractivity contribution < 1.29 is 9.53 Å². The molecule has 5 nitrogen and oxygen atoms in total. The fraction of sp³-hybridized carbons (Fsp3) is 0.300. The Kier molecular flexibility index (Phi) is 4.48. The number of amides is 1. The summed E-state index contributed by atoms with van der Waals surface area (Å²) < 4.78 is 5.87.